The number of fused-ring (bicyclic) bond motifs is 1. The van der Waals surface area contributed by atoms with E-state index in [2.05, 4.69) is 18.5 Å². The summed E-state index contributed by atoms with van der Waals surface area (Å²) < 4.78 is 5.25. The van der Waals surface area contributed by atoms with Crippen LogP contribution >= 0.6 is 0 Å². The fourth-order valence-corrected chi connectivity index (χ4v) is 2.04. The highest BCUT2D eigenvalue weighted by molar-refractivity contribution is 5.55. The van der Waals surface area contributed by atoms with E-state index in [9.17, 15) is 4.79 Å². The summed E-state index contributed by atoms with van der Waals surface area (Å²) in [5, 5.41) is 13.1. The van der Waals surface area contributed by atoms with Crippen LogP contribution in [0.5, 0.6) is 0 Å². The van der Waals surface area contributed by atoms with Crippen LogP contribution < -0.4 is 21.4 Å². The molecular weight excluding hydrogens is 230 g/mol. The second kappa shape index (κ2) is 4.56. The minimum Gasteiger partial charge on any atom is -0.509 e. The summed E-state index contributed by atoms with van der Waals surface area (Å²) in [6, 6.07) is 0. The Bertz CT molecular complexity index is 695. The molecule has 0 unspecified atom stereocenters. The molecule has 0 saturated carbocycles. The molecule has 0 atom stereocenters. The van der Waals surface area contributed by atoms with Crippen molar-refractivity contribution in [2.75, 3.05) is 7.05 Å². The summed E-state index contributed by atoms with van der Waals surface area (Å²) in [4.78, 5) is 11.8. The minimum absolute atomic E-state index is 0.186. The molecule has 1 aliphatic carbocycles. The summed E-state index contributed by atoms with van der Waals surface area (Å²) in [7, 11) is 1.83. The van der Waals surface area contributed by atoms with Crippen molar-refractivity contribution in [1.29, 1.82) is 0 Å². The second-order valence-corrected chi connectivity index (χ2v) is 4.18. The maximum atomic E-state index is 11.8. The lowest BCUT2D eigenvalue weighted by Crippen LogP contribution is -2.41. The zero-order valence-corrected chi connectivity index (χ0v) is 10.2. The third kappa shape index (κ3) is 2.09. The van der Waals surface area contributed by atoms with Crippen LogP contribution in [-0.2, 0) is 6.42 Å². The molecule has 0 aliphatic heterocycles. The van der Waals surface area contributed by atoms with E-state index in [0.29, 0.717) is 11.0 Å². The number of allylic oxidation sites excluding steroid dienone is 2. The Kier molecular flexibility index (Phi) is 3.10. The standard InChI is InChI=1S/C14H15NO3/c1-8(16)6-12-9(2)11-5-4-10(15-3)7-13(11)18-14(12)17/h6-7,15-16H,1-2,4-5H2,3H3/b12-6+. The SMILES string of the molecule is C=C(O)/C=c1/c(=O)oc2c(c1=C)CCC(NC)=C2. The van der Waals surface area contributed by atoms with Crippen molar-refractivity contribution >= 4 is 18.7 Å². The predicted octanol–water partition coefficient (Wildman–Crippen LogP) is 0.409. The first-order valence-corrected chi connectivity index (χ1v) is 5.65. The van der Waals surface area contributed by atoms with Gasteiger partial charge in [-0.3, -0.25) is 0 Å². The predicted molar refractivity (Wildman–Crippen MR) is 71.3 cm³/mol. The molecule has 0 spiro atoms. The lowest BCUT2D eigenvalue weighted by atomic mass is 9.98. The van der Waals surface area contributed by atoms with Gasteiger partial charge in [0.1, 0.15) is 11.5 Å². The molecule has 4 nitrogen and oxygen atoms in total. The fraction of sp³-hybridized carbons (Fsp3) is 0.214. The molecule has 1 aromatic rings. The number of aliphatic hydroxyl groups excluding tert-OH is 1. The third-order valence-electron chi connectivity index (χ3n) is 2.99. The zero-order valence-electron chi connectivity index (χ0n) is 10.2. The van der Waals surface area contributed by atoms with Crippen LogP contribution in [0.3, 0.4) is 0 Å². The Morgan fingerprint density at radius 3 is 2.89 bits per heavy atom. The van der Waals surface area contributed by atoms with E-state index in [1.165, 1.54) is 6.08 Å². The molecule has 0 bridgehead atoms. The normalized spacial score (nSPS) is 14.9. The molecule has 0 saturated heterocycles. The van der Waals surface area contributed by atoms with Crippen molar-refractivity contribution in [3.63, 3.8) is 0 Å². The van der Waals surface area contributed by atoms with Crippen LogP contribution in [-0.4, -0.2) is 12.2 Å². The van der Waals surface area contributed by atoms with Gasteiger partial charge in [-0.05, 0) is 24.1 Å². The molecule has 1 aliphatic rings. The van der Waals surface area contributed by atoms with Crippen LogP contribution in [0.4, 0.5) is 0 Å². The topological polar surface area (TPSA) is 62.5 Å². The number of rotatable bonds is 2. The van der Waals surface area contributed by atoms with Crippen LogP contribution in [0.25, 0.3) is 18.7 Å². The lowest BCUT2D eigenvalue weighted by molar-refractivity contribution is 0.442. The highest BCUT2D eigenvalue weighted by Gasteiger charge is 2.14. The summed E-state index contributed by atoms with van der Waals surface area (Å²) in [5.74, 6) is 0.357. The van der Waals surface area contributed by atoms with Gasteiger partial charge in [-0.1, -0.05) is 13.2 Å². The molecule has 0 amide bonds. The van der Waals surface area contributed by atoms with Crippen molar-refractivity contribution in [2.45, 2.75) is 12.8 Å². The average Bonchev–Trinajstić information content (AvgIpc) is 2.33. The zero-order chi connectivity index (χ0) is 13.3. The van der Waals surface area contributed by atoms with E-state index in [1.54, 1.807) is 0 Å². The Labute approximate surface area is 104 Å². The molecule has 2 rings (SSSR count). The maximum absolute atomic E-state index is 11.8. The largest absolute Gasteiger partial charge is 0.509 e. The summed E-state index contributed by atoms with van der Waals surface area (Å²) in [6.45, 7) is 7.25. The fourth-order valence-electron chi connectivity index (χ4n) is 2.04. The van der Waals surface area contributed by atoms with Gasteiger partial charge >= 0.3 is 5.63 Å². The highest BCUT2D eigenvalue weighted by Crippen LogP contribution is 2.17. The third-order valence-corrected chi connectivity index (χ3v) is 2.99. The van der Waals surface area contributed by atoms with Crippen molar-refractivity contribution in [3.8, 4) is 0 Å². The van der Waals surface area contributed by atoms with E-state index in [0.717, 1.165) is 24.1 Å². The van der Waals surface area contributed by atoms with Crippen LogP contribution in [0.1, 0.15) is 17.7 Å². The van der Waals surface area contributed by atoms with Gasteiger partial charge in [-0.25, -0.2) is 4.79 Å². The van der Waals surface area contributed by atoms with Gasteiger partial charge in [-0.2, -0.15) is 0 Å². The number of nitrogens with one attached hydrogen (secondary N) is 1. The summed E-state index contributed by atoms with van der Waals surface area (Å²) >= 11 is 0. The lowest BCUT2D eigenvalue weighted by Gasteiger charge is -2.15. The van der Waals surface area contributed by atoms with Gasteiger partial charge in [0.15, 0.2) is 0 Å². The summed E-state index contributed by atoms with van der Waals surface area (Å²) in [6.07, 6.45) is 4.70. The van der Waals surface area contributed by atoms with Crippen molar-refractivity contribution in [2.24, 2.45) is 0 Å². The number of hydrogen-bond donors (Lipinski definition) is 2. The minimum atomic E-state index is -0.512. The Hall–Kier alpha value is -2.23. The van der Waals surface area contributed by atoms with E-state index in [-0.39, 0.29) is 11.0 Å². The van der Waals surface area contributed by atoms with Crippen molar-refractivity contribution in [1.82, 2.24) is 5.32 Å². The van der Waals surface area contributed by atoms with E-state index in [4.69, 9.17) is 9.52 Å². The maximum Gasteiger partial charge on any atom is 0.344 e. The molecule has 18 heavy (non-hydrogen) atoms. The van der Waals surface area contributed by atoms with Gasteiger partial charge in [-0.15, -0.1) is 0 Å². The number of hydrogen-bond acceptors (Lipinski definition) is 4. The second-order valence-electron chi connectivity index (χ2n) is 4.18. The van der Waals surface area contributed by atoms with E-state index in [1.807, 2.05) is 13.1 Å². The van der Waals surface area contributed by atoms with E-state index < -0.39 is 5.63 Å². The van der Waals surface area contributed by atoms with Crippen LogP contribution in [0.15, 0.2) is 27.2 Å². The molecule has 94 valence electrons. The van der Waals surface area contributed by atoms with Gasteiger partial charge in [0, 0.05) is 24.4 Å². The molecule has 1 heterocycles. The molecule has 1 aromatic heterocycles. The highest BCUT2D eigenvalue weighted by atomic mass is 16.4. The average molecular weight is 245 g/mol. The Morgan fingerprint density at radius 1 is 1.56 bits per heavy atom. The monoisotopic (exact) mass is 245 g/mol. The van der Waals surface area contributed by atoms with Gasteiger partial charge in [0.25, 0.3) is 0 Å². The molecule has 0 aromatic carbocycles. The Balaban J connectivity index is 2.75. The molecule has 2 N–H and O–H groups in total. The first-order chi connectivity index (χ1) is 8.52. The first kappa shape index (κ1) is 12.2. The molecule has 0 fully saturated rings. The summed E-state index contributed by atoms with van der Waals surface area (Å²) in [5.41, 5.74) is 1.41. The molecule has 4 heteroatoms. The molecule has 0 radical (unpaired) electrons. The van der Waals surface area contributed by atoms with E-state index >= 15 is 0 Å². The smallest absolute Gasteiger partial charge is 0.344 e. The quantitative estimate of drug-likeness (QED) is 0.741. The van der Waals surface area contributed by atoms with Crippen molar-refractivity contribution in [3.05, 3.63) is 50.2 Å². The van der Waals surface area contributed by atoms with Crippen LogP contribution in [0.2, 0.25) is 0 Å². The Morgan fingerprint density at radius 2 is 2.28 bits per heavy atom. The first-order valence-electron chi connectivity index (χ1n) is 5.65. The number of aliphatic hydroxyl groups is 1. The van der Waals surface area contributed by atoms with Gasteiger partial charge in [0.05, 0.1) is 5.22 Å². The van der Waals surface area contributed by atoms with Gasteiger partial charge in [0.2, 0.25) is 0 Å². The molecular formula is C14H15NO3. The van der Waals surface area contributed by atoms with Crippen LogP contribution in [0, 0.1) is 0 Å². The van der Waals surface area contributed by atoms with Crippen molar-refractivity contribution < 1.29 is 9.52 Å². The van der Waals surface area contributed by atoms with Gasteiger partial charge < -0.3 is 14.8 Å².